The van der Waals surface area contributed by atoms with Crippen LogP contribution in [0.25, 0.3) is 0 Å². The van der Waals surface area contributed by atoms with Crippen molar-refractivity contribution in [3.05, 3.63) is 86.4 Å². The van der Waals surface area contributed by atoms with E-state index in [0.717, 1.165) is 17.7 Å². The summed E-state index contributed by atoms with van der Waals surface area (Å²) in [5.74, 6) is 0.753. The van der Waals surface area contributed by atoms with Gasteiger partial charge in [0, 0.05) is 15.6 Å². The summed E-state index contributed by atoms with van der Waals surface area (Å²) in [4.78, 5) is 0. The molecule has 3 aromatic carbocycles. The van der Waals surface area contributed by atoms with Crippen molar-refractivity contribution in [3.63, 3.8) is 0 Å². The number of hydrazone groups is 1. The van der Waals surface area contributed by atoms with Crippen LogP contribution in [-0.4, -0.2) is 12.8 Å². The number of alkyl halides is 3. The van der Waals surface area contributed by atoms with E-state index < -0.39 is 11.7 Å². The fourth-order valence-corrected chi connectivity index (χ4v) is 3.51. The molecule has 1 N–H and O–H groups in total. The van der Waals surface area contributed by atoms with E-state index in [9.17, 15) is 13.2 Å². The number of nitrogens with one attached hydrogen (secondary N) is 1. The van der Waals surface area contributed by atoms with E-state index in [1.807, 2.05) is 6.92 Å². The molecule has 0 saturated carbocycles. The molecule has 3 rings (SSSR count). The van der Waals surface area contributed by atoms with Crippen LogP contribution in [0.3, 0.4) is 0 Å². The summed E-state index contributed by atoms with van der Waals surface area (Å²) in [7, 11) is 0. The highest BCUT2D eigenvalue weighted by atomic mass is 35.5. The fraction of sp³-hybridized carbons (Fsp3) is 0.174. The summed E-state index contributed by atoms with van der Waals surface area (Å²) < 4.78 is 49.5. The molecule has 10 heteroatoms. The van der Waals surface area contributed by atoms with E-state index in [1.54, 1.807) is 30.3 Å². The Hall–Kier alpha value is -2.61. The lowest BCUT2D eigenvalue weighted by molar-refractivity contribution is -0.137. The first kappa shape index (κ1) is 25.0. The molecule has 0 atom stereocenters. The van der Waals surface area contributed by atoms with Gasteiger partial charge in [-0.2, -0.15) is 18.3 Å². The lowest BCUT2D eigenvalue weighted by Crippen LogP contribution is -2.04. The van der Waals surface area contributed by atoms with E-state index in [0.29, 0.717) is 44.4 Å². The molecule has 0 aliphatic carbocycles. The molecule has 0 radical (unpaired) electrons. The van der Waals surface area contributed by atoms with Crippen molar-refractivity contribution >= 4 is 46.7 Å². The minimum absolute atomic E-state index is 0.151. The normalized spacial score (nSPS) is 11.6. The summed E-state index contributed by atoms with van der Waals surface area (Å²) in [6.45, 7) is 2.35. The van der Waals surface area contributed by atoms with Gasteiger partial charge in [0.15, 0.2) is 11.5 Å². The van der Waals surface area contributed by atoms with Gasteiger partial charge in [-0.25, -0.2) is 0 Å². The SMILES string of the molecule is CCOc1cc(/C=N/Nc2ccc(C(F)(F)F)cc2)cc(Cl)c1OCc1ccc(Cl)cc1Cl. The molecule has 0 saturated heterocycles. The Bertz CT molecular complexity index is 1140. The standard InChI is InChI=1S/C23H18Cl3F3N2O2/c1-2-32-21-10-14(12-30-31-18-7-4-16(5-8-18)23(27,28)29)9-20(26)22(21)33-13-15-3-6-17(24)11-19(15)25/h3-12,31H,2,13H2,1H3/b30-12+. The van der Waals surface area contributed by atoms with Crippen molar-refractivity contribution in [3.8, 4) is 11.5 Å². The van der Waals surface area contributed by atoms with Crippen LogP contribution in [-0.2, 0) is 12.8 Å². The third kappa shape index (κ3) is 6.93. The second kappa shape index (κ2) is 11.0. The van der Waals surface area contributed by atoms with Crippen molar-refractivity contribution in [2.24, 2.45) is 5.10 Å². The Morgan fingerprint density at radius 1 is 0.939 bits per heavy atom. The number of anilines is 1. The van der Waals surface area contributed by atoms with Gasteiger partial charge in [0.25, 0.3) is 0 Å². The number of ether oxygens (including phenoxy) is 2. The average Bonchev–Trinajstić information content (AvgIpc) is 2.74. The van der Waals surface area contributed by atoms with E-state index in [2.05, 4.69) is 10.5 Å². The third-order valence-electron chi connectivity index (χ3n) is 4.34. The number of hydrogen-bond donors (Lipinski definition) is 1. The molecular weight excluding hydrogens is 500 g/mol. The first-order chi connectivity index (χ1) is 15.7. The zero-order valence-electron chi connectivity index (χ0n) is 17.2. The largest absolute Gasteiger partial charge is 0.490 e. The topological polar surface area (TPSA) is 42.8 Å². The van der Waals surface area contributed by atoms with Crippen LogP contribution in [0.5, 0.6) is 11.5 Å². The molecule has 0 unspecified atom stereocenters. The smallest absolute Gasteiger partial charge is 0.416 e. The van der Waals surface area contributed by atoms with Gasteiger partial charge in [-0.05, 0) is 61.0 Å². The van der Waals surface area contributed by atoms with Gasteiger partial charge in [0.1, 0.15) is 6.61 Å². The zero-order chi connectivity index (χ0) is 24.0. The first-order valence-corrected chi connectivity index (χ1v) is 10.8. The predicted molar refractivity (Wildman–Crippen MR) is 126 cm³/mol. The number of hydrogen-bond acceptors (Lipinski definition) is 4. The summed E-state index contributed by atoms with van der Waals surface area (Å²) >= 11 is 18.5. The number of rotatable bonds is 8. The van der Waals surface area contributed by atoms with Crippen molar-refractivity contribution in [1.29, 1.82) is 0 Å². The van der Waals surface area contributed by atoms with Crippen molar-refractivity contribution in [2.45, 2.75) is 19.7 Å². The van der Waals surface area contributed by atoms with Crippen molar-refractivity contribution < 1.29 is 22.6 Å². The van der Waals surface area contributed by atoms with E-state index >= 15 is 0 Å². The van der Waals surface area contributed by atoms with Crippen molar-refractivity contribution in [2.75, 3.05) is 12.0 Å². The number of nitrogens with zero attached hydrogens (tertiary/aromatic N) is 1. The molecule has 0 amide bonds. The van der Waals surface area contributed by atoms with Crippen LogP contribution in [0.1, 0.15) is 23.6 Å². The highest BCUT2D eigenvalue weighted by Gasteiger charge is 2.29. The van der Waals surface area contributed by atoms with Crippen LogP contribution in [0.2, 0.25) is 15.1 Å². The minimum atomic E-state index is -4.39. The molecule has 0 fully saturated rings. The third-order valence-corrected chi connectivity index (χ3v) is 5.21. The summed E-state index contributed by atoms with van der Waals surface area (Å²) in [6, 6.07) is 12.9. The molecule has 0 aliphatic heterocycles. The maximum Gasteiger partial charge on any atom is 0.416 e. The zero-order valence-corrected chi connectivity index (χ0v) is 19.5. The molecule has 3 aromatic rings. The molecular formula is C23H18Cl3F3N2O2. The van der Waals surface area contributed by atoms with Crippen molar-refractivity contribution in [1.82, 2.24) is 0 Å². The quantitative estimate of drug-likeness (QED) is 0.242. The Labute approximate surface area is 203 Å². The average molecular weight is 518 g/mol. The van der Waals surface area contributed by atoms with Gasteiger partial charge >= 0.3 is 6.18 Å². The predicted octanol–water partition coefficient (Wildman–Crippen LogP) is 8.09. The van der Waals surface area contributed by atoms with Gasteiger partial charge in [-0.3, -0.25) is 5.43 Å². The molecule has 0 spiro atoms. The highest BCUT2D eigenvalue weighted by Crippen LogP contribution is 2.37. The van der Waals surface area contributed by atoms with Gasteiger partial charge in [0.05, 0.1) is 29.1 Å². The maximum atomic E-state index is 12.7. The second-order valence-electron chi connectivity index (χ2n) is 6.73. The van der Waals surface area contributed by atoms with E-state index in [4.69, 9.17) is 44.3 Å². The van der Waals surface area contributed by atoms with Crippen LogP contribution in [0.15, 0.2) is 59.7 Å². The lowest BCUT2D eigenvalue weighted by Gasteiger charge is -2.15. The van der Waals surface area contributed by atoms with E-state index in [-0.39, 0.29) is 6.61 Å². The Morgan fingerprint density at radius 3 is 2.30 bits per heavy atom. The fourth-order valence-electron chi connectivity index (χ4n) is 2.77. The molecule has 0 aliphatic rings. The Balaban J connectivity index is 1.73. The summed E-state index contributed by atoms with van der Waals surface area (Å²) in [6.07, 6.45) is -2.93. The Morgan fingerprint density at radius 2 is 1.67 bits per heavy atom. The molecule has 0 heterocycles. The molecule has 174 valence electrons. The van der Waals surface area contributed by atoms with Crippen LogP contribution in [0, 0.1) is 0 Å². The van der Waals surface area contributed by atoms with Gasteiger partial charge in [0.2, 0.25) is 0 Å². The first-order valence-electron chi connectivity index (χ1n) is 9.66. The monoisotopic (exact) mass is 516 g/mol. The second-order valence-corrected chi connectivity index (χ2v) is 7.98. The summed E-state index contributed by atoms with van der Waals surface area (Å²) in [5.41, 5.74) is 3.66. The lowest BCUT2D eigenvalue weighted by atomic mass is 10.2. The van der Waals surface area contributed by atoms with Gasteiger partial charge in [-0.15, -0.1) is 0 Å². The molecule has 33 heavy (non-hydrogen) atoms. The molecule has 4 nitrogen and oxygen atoms in total. The maximum absolute atomic E-state index is 12.7. The molecule has 0 bridgehead atoms. The van der Waals surface area contributed by atoms with Crippen LogP contribution in [0.4, 0.5) is 18.9 Å². The van der Waals surface area contributed by atoms with E-state index in [1.165, 1.54) is 18.3 Å². The molecule has 0 aromatic heterocycles. The van der Waals surface area contributed by atoms with Crippen LogP contribution < -0.4 is 14.9 Å². The highest BCUT2D eigenvalue weighted by molar-refractivity contribution is 6.35. The van der Waals surface area contributed by atoms with Gasteiger partial charge < -0.3 is 9.47 Å². The number of halogens is 6. The Kier molecular flexibility index (Phi) is 8.35. The minimum Gasteiger partial charge on any atom is -0.490 e. The number of benzene rings is 3. The van der Waals surface area contributed by atoms with Crippen LogP contribution >= 0.6 is 34.8 Å². The van der Waals surface area contributed by atoms with Gasteiger partial charge in [-0.1, -0.05) is 40.9 Å². The summed E-state index contributed by atoms with van der Waals surface area (Å²) in [5, 5.41) is 5.33.